The summed E-state index contributed by atoms with van der Waals surface area (Å²) in [6, 6.07) is 0. The molecule has 2 heterocycles. The summed E-state index contributed by atoms with van der Waals surface area (Å²) in [6.07, 6.45) is 14.6. The highest BCUT2D eigenvalue weighted by Gasteiger charge is 2.52. The van der Waals surface area contributed by atoms with E-state index in [1.165, 1.54) is 38.4 Å². The smallest absolute Gasteiger partial charge is 0.309 e. The van der Waals surface area contributed by atoms with Gasteiger partial charge in [-0.2, -0.15) is 0 Å². The molecule has 0 atom stereocenters. The Labute approximate surface area is 188 Å². The van der Waals surface area contributed by atoms with Gasteiger partial charge < -0.3 is 20.7 Å². The van der Waals surface area contributed by atoms with Crippen molar-refractivity contribution in [3.05, 3.63) is 18.2 Å². The summed E-state index contributed by atoms with van der Waals surface area (Å²) in [5.41, 5.74) is 2.18. The number of aromatic amines is 1. The molecule has 172 valence electrons. The van der Waals surface area contributed by atoms with Gasteiger partial charge in [-0.3, -0.25) is 9.59 Å². The summed E-state index contributed by atoms with van der Waals surface area (Å²) in [5.74, 6) is -0.158. The molecule has 6 rings (SSSR count). The fourth-order valence-corrected chi connectivity index (χ4v) is 6.09. The van der Waals surface area contributed by atoms with Crippen molar-refractivity contribution in [2.45, 2.75) is 70.6 Å². The van der Waals surface area contributed by atoms with E-state index in [0.29, 0.717) is 42.9 Å². The number of amides is 1. The standard InChI is InChI=1S/C24H33N5O3/c30-21(27-14-23-6-9-24(10-7-23,11-8-23)22(31)32)20-19-18(28-15-29-20)17(13-26-19)25-12-16-4-2-1-3-5-16/h13,15-16,25-26H,1-12,14H2,(H,27,30)(H,31,32). The van der Waals surface area contributed by atoms with Crippen LogP contribution in [-0.2, 0) is 4.79 Å². The van der Waals surface area contributed by atoms with Crippen molar-refractivity contribution in [1.29, 1.82) is 0 Å². The Morgan fingerprint density at radius 1 is 1.06 bits per heavy atom. The first kappa shape index (κ1) is 21.2. The average Bonchev–Trinajstić information content (AvgIpc) is 3.26. The molecule has 0 aliphatic heterocycles. The van der Waals surface area contributed by atoms with Crippen molar-refractivity contribution >= 4 is 28.6 Å². The van der Waals surface area contributed by atoms with Gasteiger partial charge >= 0.3 is 5.97 Å². The van der Waals surface area contributed by atoms with E-state index in [2.05, 4.69) is 25.6 Å². The van der Waals surface area contributed by atoms with Crippen LogP contribution in [0, 0.1) is 16.7 Å². The van der Waals surface area contributed by atoms with Crippen LogP contribution in [0.1, 0.15) is 81.1 Å². The molecule has 0 radical (unpaired) electrons. The van der Waals surface area contributed by atoms with E-state index in [9.17, 15) is 14.7 Å². The largest absolute Gasteiger partial charge is 0.481 e. The summed E-state index contributed by atoms with van der Waals surface area (Å²) < 4.78 is 0. The fraction of sp³-hybridized carbons (Fsp3) is 0.667. The Bertz CT molecular complexity index is 986. The summed E-state index contributed by atoms with van der Waals surface area (Å²) >= 11 is 0. The molecule has 32 heavy (non-hydrogen) atoms. The van der Waals surface area contributed by atoms with E-state index in [1.54, 1.807) is 0 Å². The maximum atomic E-state index is 13.0. The topological polar surface area (TPSA) is 120 Å². The molecular formula is C24H33N5O3. The van der Waals surface area contributed by atoms with E-state index in [1.807, 2.05) is 6.20 Å². The second-order valence-corrected chi connectivity index (χ2v) is 10.3. The quantitative estimate of drug-likeness (QED) is 0.515. The molecule has 2 aromatic heterocycles. The number of aliphatic carboxylic acids is 1. The SMILES string of the molecule is O=C(NCC12CCC(C(=O)O)(CC1)CC2)c1ncnc2c(NCC3CCCCC3)c[nH]c12. The zero-order valence-corrected chi connectivity index (χ0v) is 18.6. The number of rotatable bonds is 7. The number of carboxylic acid groups (broad SMARTS) is 1. The minimum absolute atomic E-state index is 0.0153. The van der Waals surface area contributed by atoms with Crippen LogP contribution >= 0.6 is 0 Å². The minimum Gasteiger partial charge on any atom is -0.481 e. The Hall–Kier alpha value is -2.64. The lowest BCUT2D eigenvalue weighted by Crippen LogP contribution is -2.50. The number of hydrogen-bond acceptors (Lipinski definition) is 5. The first-order valence-corrected chi connectivity index (χ1v) is 12.1. The van der Waals surface area contributed by atoms with E-state index >= 15 is 0 Å². The highest BCUT2D eigenvalue weighted by atomic mass is 16.4. The number of aromatic nitrogens is 3. The number of carbonyl (C=O) groups excluding carboxylic acids is 1. The Kier molecular flexibility index (Phi) is 5.55. The average molecular weight is 440 g/mol. The van der Waals surface area contributed by atoms with Gasteiger partial charge in [-0.1, -0.05) is 19.3 Å². The van der Waals surface area contributed by atoms with Crippen molar-refractivity contribution in [3.63, 3.8) is 0 Å². The Morgan fingerprint density at radius 3 is 2.47 bits per heavy atom. The summed E-state index contributed by atoms with van der Waals surface area (Å²) in [4.78, 5) is 36.6. The zero-order chi connectivity index (χ0) is 22.2. The van der Waals surface area contributed by atoms with Gasteiger partial charge in [-0.15, -0.1) is 0 Å². The first-order chi connectivity index (χ1) is 15.5. The molecular weight excluding hydrogens is 406 g/mol. The minimum atomic E-state index is -0.655. The number of H-pyrrole nitrogens is 1. The molecule has 0 unspecified atom stereocenters. The zero-order valence-electron chi connectivity index (χ0n) is 18.6. The number of fused-ring (bicyclic) bond motifs is 4. The van der Waals surface area contributed by atoms with Gasteiger partial charge in [0.1, 0.15) is 11.8 Å². The van der Waals surface area contributed by atoms with Crippen molar-refractivity contribution in [3.8, 4) is 0 Å². The van der Waals surface area contributed by atoms with Crippen LogP contribution in [0.2, 0.25) is 0 Å². The number of carbonyl (C=O) groups is 2. The van der Waals surface area contributed by atoms with Crippen LogP contribution in [-0.4, -0.2) is 45.0 Å². The van der Waals surface area contributed by atoms with Gasteiger partial charge in [0.05, 0.1) is 16.6 Å². The third-order valence-corrected chi connectivity index (χ3v) is 8.46. The van der Waals surface area contributed by atoms with Crippen LogP contribution in [0.5, 0.6) is 0 Å². The van der Waals surface area contributed by atoms with Gasteiger partial charge in [-0.25, -0.2) is 9.97 Å². The monoisotopic (exact) mass is 439 g/mol. The van der Waals surface area contributed by atoms with Crippen LogP contribution in [0.4, 0.5) is 5.69 Å². The number of anilines is 1. The predicted molar refractivity (Wildman–Crippen MR) is 121 cm³/mol. The number of carboxylic acids is 1. The lowest BCUT2D eigenvalue weighted by atomic mass is 9.53. The molecule has 4 aliphatic carbocycles. The van der Waals surface area contributed by atoms with Gasteiger partial charge in [0, 0.05) is 19.3 Å². The normalized spacial score (nSPS) is 28.0. The van der Waals surface area contributed by atoms with E-state index in [0.717, 1.165) is 37.0 Å². The number of nitrogens with one attached hydrogen (secondary N) is 3. The molecule has 4 fully saturated rings. The molecule has 4 N–H and O–H groups in total. The summed E-state index contributed by atoms with van der Waals surface area (Å²) in [5, 5.41) is 16.2. The second-order valence-electron chi connectivity index (χ2n) is 10.3. The molecule has 8 nitrogen and oxygen atoms in total. The first-order valence-electron chi connectivity index (χ1n) is 12.1. The molecule has 4 aliphatic rings. The van der Waals surface area contributed by atoms with Gasteiger partial charge in [0.25, 0.3) is 5.91 Å². The van der Waals surface area contributed by atoms with Crippen molar-refractivity contribution in [2.75, 3.05) is 18.4 Å². The second kappa shape index (κ2) is 8.37. The van der Waals surface area contributed by atoms with Gasteiger partial charge in [0.2, 0.25) is 0 Å². The summed E-state index contributed by atoms with van der Waals surface area (Å²) in [6.45, 7) is 1.50. The molecule has 8 heteroatoms. The van der Waals surface area contributed by atoms with Crippen LogP contribution in [0.25, 0.3) is 11.0 Å². The maximum Gasteiger partial charge on any atom is 0.309 e. The Balaban J connectivity index is 1.23. The molecule has 0 spiro atoms. The molecule has 2 bridgehead atoms. The molecule has 4 saturated carbocycles. The van der Waals surface area contributed by atoms with Crippen molar-refractivity contribution in [2.24, 2.45) is 16.7 Å². The molecule has 1 amide bonds. The van der Waals surface area contributed by atoms with Crippen LogP contribution in [0.15, 0.2) is 12.5 Å². The van der Waals surface area contributed by atoms with Crippen molar-refractivity contribution < 1.29 is 14.7 Å². The van der Waals surface area contributed by atoms with Crippen molar-refractivity contribution in [1.82, 2.24) is 20.3 Å². The fourth-order valence-electron chi connectivity index (χ4n) is 6.09. The van der Waals surface area contributed by atoms with Gasteiger partial charge in [-0.05, 0) is 62.7 Å². The highest BCUT2D eigenvalue weighted by molar-refractivity contribution is 6.05. The van der Waals surface area contributed by atoms with E-state index in [4.69, 9.17) is 0 Å². The van der Waals surface area contributed by atoms with E-state index < -0.39 is 11.4 Å². The van der Waals surface area contributed by atoms with Crippen LogP contribution < -0.4 is 10.6 Å². The highest BCUT2D eigenvalue weighted by Crippen LogP contribution is 2.56. The number of nitrogens with zero attached hydrogens (tertiary/aromatic N) is 2. The predicted octanol–water partition coefficient (Wildman–Crippen LogP) is 4.11. The number of hydrogen-bond donors (Lipinski definition) is 4. The molecule has 0 saturated heterocycles. The maximum absolute atomic E-state index is 13.0. The molecule has 2 aromatic rings. The molecule has 0 aromatic carbocycles. The van der Waals surface area contributed by atoms with Crippen LogP contribution in [0.3, 0.4) is 0 Å². The third-order valence-electron chi connectivity index (χ3n) is 8.46. The van der Waals surface area contributed by atoms with Gasteiger partial charge in [0.15, 0.2) is 5.69 Å². The summed E-state index contributed by atoms with van der Waals surface area (Å²) in [7, 11) is 0. The Morgan fingerprint density at radius 2 is 1.78 bits per heavy atom. The van der Waals surface area contributed by atoms with E-state index in [-0.39, 0.29) is 11.3 Å². The lowest BCUT2D eigenvalue weighted by Gasteiger charge is -2.51. The lowest BCUT2D eigenvalue weighted by molar-refractivity contribution is -0.158. The third kappa shape index (κ3) is 3.84.